The summed E-state index contributed by atoms with van der Waals surface area (Å²) in [5.74, 6) is 1.08. The van der Waals surface area contributed by atoms with Crippen LogP contribution in [0.5, 0.6) is 0 Å². The number of aromatic amines is 1. The molecule has 10 nitrogen and oxygen atoms in total. The van der Waals surface area contributed by atoms with Gasteiger partial charge in [0.25, 0.3) is 5.69 Å². The molecule has 0 bridgehead atoms. The lowest BCUT2D eigenvalue weighted by Crippen LogP contribution is -2.49. The number of rotatable bonds is 9. The fourth-order valence-electron chi connectivity index (χ4n) is 4.28. The summed E-state index contributed by atoms with van der Waals surface area (Å²) >= 11 is 0. The molecule has 212 valence electrons. The monoisotopic (exact) mass is 553 g/mol. The fraction of sp³-hybridized carbons (Fsp3) is 0.258. The van der Waals surface area contributed by atoms with Crippen LogP contribution in [0.25, 0.3) is 10.9 Å². The third-order valence-electron chi connectivity index (χ3n) is 6.66. The second-order valence-corrected chi connectivity index (χ2v) is 10.4. The molecule has 0 radical (unpaired) electrons. The minimum absolute atomic E-state index is 0.0365. The molecule has 3 aromatic carbocycles. The first kappa shape index (κ1) is 29.2. The summed E-state index contributed by atoms with van der Waals surface area (Å²) in [5.41, 5.74) is 9.48. The highest BCUT2D eigenvalue weighted by Crippen LogP contribution is 2.17. The number of nitrogens with one attached hydrogen (secondary N) is 2. The van der Waals surface area contributed by atoms with Crippen molar-refractivity contribution in [3.63, 3.8) is 0 Å². The van der Waals surface area contributed by atoms with E-state index in [-0.39, 0.29) is 18.1 Å². The third-order valence-corrected chi connectivity index (χ3v) is 6.66. The number of aryl methyl sites for hydroxylation is 3. The van der Waals surface area contributed by atoms with Crippen molar-refractivity contribution in [2.24, 2.45) is 5.73 Å². The lowest BCUT2D eigenvalue weighted by molar-refractivity contribution is -0.384. The molecule has 41 heavy (non-hydrogen) atoms. The SMILES string of the molecule is CC(C)(N)C(=O)NCc1nnc(CCc2ccccc2)n1Cc1ccc([N+](=O)[O-])cc1.Cc1c[nH]c2ccccc12. The van der Waals surface area contributed by atoms with E-state index in [2.05, 4.69) is 57.8 Å². The fourth-order valence-corrected chi connectivity index (χ4v) is 4.28. The number of hydrogen-bond donors (Lipinski definition) is 3. The molecule has 5 aromatic rings. The number of benzene rings is 3. The van der Waals surface area contributed by atoms with Crippen molar-refractivity contribution in [3.8, 4) is 0 Å². The first-order valence-electron chi connectivity index (χ1n) is 13.4. The number of nitrogens with two attached hydrogens (primary N) is 1. The molecule has 2 heterocycles. The van der Waals surface area contributed by atoms with Crippen molar-refractivity contribution in [2.75, 3.05) is 0 Å². The number of hydrogen-bond acceptors (Lipinski definition) is 6. The molecule has 1 amide bonds. The molecular formula is C31H35N7O3. The predicted molar refractivity (Wildman–Crippen MR) is 159 cm³/mol. The van der Waals surface area contributed by atoms with Gasteiger partial charge in [0.15, 0.2) is 5.82 Å². The Morgan fingerprint density at radius 3 is 2.27 bits per heavy atom. The summed E-state index contributed by atoms with van der Waals surface area (Å²) in [5, 5.41) is 23.6. The number of amides is 1. The number of fused-ring (bicyclic) bond motifs is 1. The summed E-state index contributed by atoms with van der Waals surface area (Å²) < 4.78 is 1.94. The van der Waals surface area contributed by atoms with Crippen LogP contribution in [-0.2, 0) is 30.7 Å². The highest BCUT2D eigenvalue weighted by molar-refractivity contribution is 5.85. The second kappa shape index (κ2) is 13.0. The number of carbonyl (C=O) groups is 1. The van der Waals surface area contributed by atoms with Gasteiger partial charge in [-0.2, -0.15) is 0 Å². The molecule has 0 fully saturated rings. The van der Waals surface area contributed by atoms with Gasteiger partial charge in [-0.25, -0.2) is 0 Å². The van der Waals surface area contributed by atoms with Crippen LogP contribution in [-0.4, -0.2) is 36.1 Å². The van der Waals surface area contributed by atoms with Crippen molar-refractivity contribution in [1.29, 1.82) is 0 Å². The lowest BCUT2D eigenvalue weighted by Gasteiger charge is -2.18. The molecule has 0 aliphatic rings. The molecule has 0 aliphatic carbocycles. The smallest absolute Gasteiger partial charge is 0.269 e. The molecule has 0 unspecified atom stereocenters. The molecule has 4 N–H and O–H groups in total. The molecule has 0 saturated carbocycles. The molecule has 0 saturated heterocycles. The highest BCUT2D eigenvalue weighted by atomic mass is 16.6. The first-order valence-corrected chi connectivity index (χ1v) is 13.4. The van der Waals surface area contributed by atoms with Crippen molar-refractivity contribution in [2.45, 2.75) is 52.2 Å². The van der Waals surface area contributed by atoms with E-state index in [4.69, 9.17) is 5.73 Å². The van der Waals surface area contributed by atoms with E-state index < -0.39 is 10.5 Å². The Morgan fingerprint density at radius 2 is 1.61 bits per heavy atom. The van der Waals surface area contributed by atoms with E-state index in [0.717, 1.165) is 17.8 Å². The Labute approximate surface area is 238 Å². The summed E-state index contributed by atoms with van der Waals surface area (Å²) in [7, 11) is 0. The zero-order chi connectivity index (χ0) is 29.4. The van der Waals surface area contributed by atoms with Gasteiger partial charge in [-0.15, -0.1) is 10.2 Å². The van der Waals surface area contributed by atoms with Crippen LogP contribution in [0.1, 0.15) is 42.2 Å². The maximum absolute atomic E-state index is 12.2. The van der Waals surface area contributed by atoms with Gasteiger partial charge in [0.05, 0.1) is 23.6 Å². The second-order valence-electron chi connectivity index (χ2n) is 10.4. The normalized spacial score (nSPS) is 11.1. The van der Waals surface area contributed by atoms with Crippen LogP contribution >= 0.6 is 0 Å². The number of para-hydroxylation sites is 1. The van der Waals surface area contributed by atoms with Crippen LogP contribution in [0.15, 0.2) is 85.1 Å². The number of H-pyrrole nitrogens is 1. The Kier molecular flexibility index (Phi) is 9.26. The largest absolute Gasteiger partial charge is 0.361 e. The predicted octanol–water partition coefficient (Wildman–Crippen LogP) is 4.85. The topological polar surface area (TPSA) is 145 Å². The summed E-state index contributed by atoms with van der Waals surface area (Å²) in [6.45, 7) is 6.00. The van der Waals surface area contributed by atoms with Gasteiger partial charge in [0.2, 0.25) is 5.91 Å². The number of carbonyl (C=O) groups excluding carboxylic acids is 1. The zero-order valence-corrected chi connectivity index (χ0v) is 23.5. The first-order chi connectivity index (χ1) is 19.6. The molecule has 0 aliphatic heterocycles. The van der Waals surface area contributed by atoms with Crippen LogP contribution < -0.4 is 11.1 Å². The van der Waals surface area contributed by atoms with Crippen LogP contribution in [0.2, 0.25) is 0 Å². The standard InChI is InChI=1S/C22H26N6O3.C9H9N/c1-22(2,23)21(29)24-14-20-26-25-19(13-10-16-6-4-3-5-7-16)27(20)15-17-8-11-18(12-9-17)28(30)31;1-7-6-10-9-5-3-2-4-8(7)9/h3-9,11-12H,10,13-15,23H2,1-2H3,(H,24,29);2-6,10H,1H3. The van der Waals surface area contributed by atoms with E-state index in [9.17, 15) is 14.9 Å². The summed E-state index contributed by atoms with van der Waals surface area (Å²) in [6, 6.07) is 24.8. The Bertz CT molecular complexity index is 1600. The number of non-ortho nitro benzene ring substituents is 1. The maximum Gasteiger partial charge on any atom is 0.269 e. The van der Waals surface area contributed by atoms with Gasteiger partial charge in [-0.3, -0.25) is 14.9 Å². The Hall–Kier alpha value is -4.83. The van der Waals surface area contributed by atoms with Crippen molar-refractivity contribution < 1.29 is 9.72 Å². The molecule has 5 rings (SSSR count). The average molecular weight is 554 g/mol. The average Bonchev–Trinajstić information content (AvgIpc) is 3.54. The van der Waals surface area contributed by atoms with Gasteiger partial charge >= 0.3 is 0 Å². The van der Waals surface area contributed by atoms with Crippen molar-refractivity contribution in [3.05, 3.63) is 124 Å². The molecule has 10 heteroatoms. The van der Waals surface area contributed by atoms with Gasteiger partial charge in [0, 0.05) is 35.7 Å². The van der Waals surface area contributed by atoms with E-state index in [1.165, 1.54) is 34.2 Å². The Balaban J connectivity index is 0.000000322. The van der Waals surface area contributed by atoms with Gasteiger partial charge < -0.3 is 20.6 Å². The van der Waals surface area contributed by atoms with Crippen molar-refractivity contribution in [1.82, 2.24) is 25.1 Å². The molecule has 0 atom stereocenters. The van der Waals surface area contributed by atoms with Crippen LogP contribution in [0.4, 0.5) is 5.69 Å². The van der Waals surface area contributed by atoms with Gasteiger partial charge in [-0.1, -0.05) is 60.7 Å². The minimum atomic E-state index is -1.00. The Morgan fingerprint density at radius 1 is 0.951 bits per heavy atom. The van der Waals surface area contributed by atoms with Crippen LogP contribution in [0, 0.1) is 17.0 Å². The van der Waals surface area contributed by atoms with Gasteiger partial charge in [-0.05, 0) is 49.9 Å². The zero-order valence-electron chi connectivity index (χ0n) is 23.5. The minimum Gasteiger partial charge on any atom is -0.361 e. The summed E-state index contributed by atoms with van der Waals surface area (Å²) in [6.07, 6.45) is 3.49. The molecular weight excluding hydrogens is 518 g/mol. The van der Waals surface area contributed by atoms with Crippen molar-refractivity contribution >= 4 is 22.5 Å². The van der Waals surface area contributed by atoms with E-state index in [1.54, 1.807) is 26.0 Å². The van der Waals surface area contributed by atoms with Gasteiger partial charge in [0.1, 0.15) is 5.82 Å². The molecule has 0 spiro atoms. The lowest BCUT2D eigenvalue weighted by atomic mass is 10.1. The van der Waals surface area contributed by atoms with E-state index in [1.807, 2.05) is 35.0 Å². The van der Waals surface area contributed by atoms with Crippen LogP contribution in [0.3, 0.4) is 0 Å². The number of nitrogens with zero attached hydrogens (tertiary/aromatic N) is 4. The highest BCUT2D eigenvalue weighted by Gasteiger charge is 2.22. The number of nitro benzene ring substituents is 1. The quantitative estimate of drug-likeness (QED) is 0.176. The molecule has 2 aromatic heterocycles. The number of nitro groups is 1. The number of aromatic nitrogens is 4. The van der Waals surface area contributed by atoms with E-state index in [0.29, 0.717) is 18.8 Å². The van der Waals surface area contributed by atoms with E-state index >= 15 is 0 Å². The summed E-state index contributed by atoms with van der Waals surface area (Å²) in [4.78, 5) is 25.8. The third kappa shape index (κ3) is 7.86. The maximum atomic E-state index is 12.2.